The maximum Gasteiger partial charge on any atom is 0.220 e. The molecule has 1 fully saturated rings. The summed E-state index contributed by atoms with van der Waals surface area (Å²) in [5.74, 6) is -0.670. The van der Waals surface area contributed by atoms with Gasteiger partial charge in [0.05, 0.1) is 0 Å². The largest absolute Gasteiger partial charge is 0.474 e. The number of ether oxygens (including phenoxy) is 1. The molecule has 30 heavy (non-hydrogen) atoms. The van der Waals surface area contributed by atoms with E-state index in [0.717, 1.165) is 37.1 Å². The van der Waals surface area contributed by atoms with Crippen LogP contribution in [0.5, 0.6) is 5.88 Å². The van der Waals surface area contributed by atoms with Gasteiger partial charge in [-0.3, -0.25) is 9.69 Å². The molecule has 2 aromatic rings. The van der Waals surface area contributed by atoms with Crippen molar-refractivity contribution in [2.75, 3.05) is 13.1 Å². The molecule has 162 valence electrons. The number of hydrogen-bond acceptors (Lipinski definition) is 4. The van der Waals surface area contributed by atoms with Crippen LogP contribution < -0.4 is 10.1 Å². The van der Waals surface area contributed by atoms with Gasteiger partial charge in [-0.2, -0.15) is 0 Å². The maximum absolute atomic E-state index is 13.4. The van der Waals surface area contributed by atoms with Crippen LogP contribution in [0.15, 0.2) is 36.5 Å². The van der Waals surface area contributed by atoms with Gasteiger partial charge in [0, 0.05) is 44.9 Å². The zero-order chi connectivity index (χ0) is 21.5. The number of benzene rings is 1. The van der Waals surface area contributed by atoms with E-state index in [4.69, 9.17) is 4.74 Å². The van der Waals surface area contributed by atoms with Crippen LogP contribution >= 0.6 is 0 Å². The quantitative estimate of drug-likeness (QED) is 0.704. The van der Waals surface area contributed by atoms with Crippen molar-refractivity contribution in [3.05, 3.63) is 59.3 Å². The summed E-state index contributed by atoms with van der Waals surface area (Å²) in [6.45, 7) is 6.73. The molecular formula is C23H29F2N3O2. The van der Waals surface area contributed by atoms with E-state index in [1.807, 2.05) is 26.0 Å². The molecule has 1 amide bonds. The van der Waals surface area contributed by atoms with Crippen molar-refractivity contribution in [2.45, 2.75) is 52.3 Å². The first-order chi connectivity index (χ1) is 14.4. The topological polar surface area (TPSA) is 54.5 Å². The van der Waals surface area contributed by atoms with Crippen LogP contribution in [-0.4, -0.2) is 35.0 Å². The number of amides is 1. The highest BCUT2D eigenvalue weighted by atomic mass is 19.2. The molecule has 0 atom stereocenters. The molecule has 3 rings (SSSR count). The third-order valence-corrected chi connectivity index (χ3v) is 5.09. The number of piperidine rings is 1. The van der Waals surface area contributed by atoms with Crippen LogP contribution in [0.1, 0.15) is 44.2 Å². The molecule has 1 N–H and O–H groups in total. The molecule has 0 saturated carbocycles. The second-order valence-corrected chi connectivity index (χ2v) is 8.22. The van der Waals surface area contributed by atoms with E-state index in [1.165, 1.54) is 12.1 Å². The minimum absolute atomic E-state index is 0.0421. The van der Waals surface area contributed by atoms with Crippen LogP contribution in [0, 0.1) is 17.6 Å². The van der Waals surface area contributed by atoms with Gasteiger partial charge in [-0.25, -0.2) is 13.8 Å². The van der Waals surface area contributed by atoms with E-state index in [0.29, 0.717) is 31.3 Å². The third kappa shape index (κ3) is 6.76. The van der Waals surface area contributed by atoms with E-state index in [2.05, 4.69) is 15.2 Å². The smallest absolute Gasteiger partial charge is 0.220 e. The molecule has 1 aliphatic rings. The van der Waals surface area contributed by atoms with Crippen LogP contribution in [0.3, 0.4) is 0 Å². The molecule has 1 aromatic heterocycles. The molecule has 5 nitrogen and oxygen atoms in total. The Morgan fingerprint density at radius 3 is 2.53 bits per heavy atom. The molecule has 2 heterocycles. The van der Waals surface area contributed by atoms with E-state index in [1.54, 1.807) is 12.3 Å². The van der Waals surface area contributed by atoms with Gasteiger partial charge in [0.2, 0.25) is 11.8 Å². The van der Waals surface area contributed by atoms with Crippen molar-refractivity contribution in [1.29, 1.82) is 0 Å². The fourth-order valence-corrected chi connectivity index (χ4v) is 3.48. The number of hydrogen-bond donors (Lipinski definition) is 1. The average molecular weight is 418 g/mol. The molecular weight excluding hydrogens is 388 g/mol. The Hall–Kier alpha value is -2.54. The lowest BCUT2D eigenvalue weighted by Crippen LogP contribution is -2.37. The van der Waals surface area contributed by atoms with Crippen LogP contribution in [0.25, 0.3) is 0 Å². The van der Waals surface area contributed by atoms with Crippen molar-refractivity contribution in [2.24, 2.45) is 5.92 Å². The molecule has 1 aromatic carbocycles. The highest BCUT2D eigenvalue weighted by Crippen LogP contribution is 2.20. The van der Waals surface area contributed by atoms with Crippen molar-refractivity contribution >= 4 is 5.91 Å². The molecule has 0 unspecified atom stereocenters. The number of rotatable bonds is 8. The Kier molecular flexibility index (Phi) is 7.74. The summed E-state index contributed by atoms with van der Waals surface area (Å²) in [6, 6.07) is 7.80. The fraction of sp³-hybridized carbons (Fsp3) is 0.478. The molecule has 7 heteroatoms. The van der Waals surface area contributed by atoms with Gasteiger partial charge in [0.15, 0.2) is 11.6 Å². The number of pyridine rings is 1. The number of carbonyl (C=O) groups is 1. The number of carbonyl (C=O) groups excluding carboxylic acids is 1. The molecule has 0 aliphatic carbocycles. The third-order valence-electron chi connectivity index (χ3n) is 5.09. The lowest BCUT2D eigenvalue weighted by Gasteiger charge is -2.31. The molecule has 1 aliphatic heterocycles. The number of likely N-dealkylation sites (tertiary alicyclic amines) is 1. The van der Waals surface area contributed by atoms with E-state index in [9.17, 15) is 13.6 Å². The second kappa shape index (κ2) is 10.5. The van der Waals surface area contributed by atoms with Crippen LogP contribution in [0.2, 0.25) is 0 Å². The Labute approximate surface area is 176 Å². The number of nitrogens with zero attached hydrogens (tertiary/aromatic N) is 2. The lowest BCUT2D eigenvalue weighted by atomic mass is 10.1. The van der Waals surface area contributed by atoms with Crippen molar-refractivity contribution in [3.63, 3.8) is 0 Å². The number of aromatic nitrogens is 1. The first-order valence-corrected chi connectivity index (χ1v) is 10.4. The number of nitrogens with one attached hydrogen (secondary N) is 1. The van der Waals surface area contributed by atoms with Gasteiger partial charge >= 0.3 is 0 Å². The molecule has 0 bridgehead atoms. The van der Waals surface area contributed by atoms with Gasteiger partial charge in [-0.15, -0.1) is 0 Å². The fourth-order valence-electron chi connectivity index (χ4n) is 3.48. The summed E-state index contributed by atoms with van der Waals surface area (Å²) in [4.78, 5) is 18.3. The highest BCUT2D eigenvalue weighted by molar-refractivity contribution is 5.76. The predicted molar refractivity (Wildman–Crippen MR) is 111 cm³/mol. The first-order valence-electron chi connectivity index (χ1n) is 10.4. The summed E-state index contributed by atoms with van der Waals surface area (Å²) in [5, 5.41) is 2.89. The summed E-state index contributed by atoms with van der Waals surface area (Å²) in [5.41, 5.74) is 1.70. The van der Waals surface area contributed by atoms with E-state index >= 15 is 0 Å². The summed E-state index contributed by atoms with van der Waals surface area (Å²) in [7, 11) is 0. The van der Waals surface area contributed by atoms with Gasteiger partial charge in [-0.05, 0) is 42.0 Å². The Bertz CT molecular complexity index is 835. The maximum atomic E-state index is 13.4. The van der Waals surface area contributed by atoms with Crippen molar-refractivity contribution in [1.82, 2.24) is 15.2 Å². The minimum atomic E-state index is -0.817. The standard InChI is InChI=1S/C23H29F2N3O2/c1-16(2)11-22(29)26-13-18-4-6-23(27-14-18)30-19-7-9-28(10-8-19)15-17-3-5-20(24)21(25)12-17/h3-6,12,14,16,19H,7-11,13,15H2,1-2H3,(H,26,29). The van der Waals surface area contributed by atoms with E-state index < -0.39 is 11.6 Å². The normalized spacial score (nSPS) is 15.4. The zero-order valence-corrected chi connectivity index (χ0v) is 17.5. The molecule has 1 saturated heterocycles. The van der Waals surface area contributed by atoms with Crippen molar-refractivity contribution < 1.29 is 18.3 Å². The van der Waals surface area contributed by atoms with Crippen LogP contribution in [-0.2, 0) is 17.9 Å². The summed E-state index contributed by atoms with van der Waals surface area (Å²) in [6.07, 6.45) is 4.01. The Balaban J connectivity index is 1.41. The average Bonchev–Trinajstić information content (AvgIpc) is 2.71. The predicted octanol–water partition coefficient (Wildman–Crippen LogP) is 4.07. The van der Waals surface area contributed by atoms with Crippen molar-refractivity contribution in [3.8, 4) is 5.88 Å². The summed E-state index contributed by atoms with van der Waals surface area (Å²) >= 11 is 0. The second-order valence-electron chi connectivity index (χ2n) is 8.22. The Morgan fingerprint density at radius 1 is 1.17 bits per heavy atom. The molecule has 0 spiro atoms. The first kappa shape index (κ1) is 22.2. The van der Waals surface area contributed by atoms with Gasteiger partial charge in [0.25, 0.3) is 0 Å². The molecule has 0 radical (unpaired) electrons. The minimum Gasteiger partial charge on any atom is -0.474 e. The lowest BCUT2D eigenvalue weighted by molar-refractivity contribution is -0.121. The van der Waals surface area contributed by atoms with E-state index in [-0.39, 0.29) is 12.0 Å². The number of halogens is 2. The SMILES string of the molecule is CC(C)CC(=O)NCc1ccc(OC2CCN(Cc3ccc(F)c(F)c3)CC2)nc1. The highest BCUT2D eigenvalue weighted by Gasteiger charge is 2.21. The van der Waals surface area contributed by atoms with Gasteiger partial charge in [-0.1, -0.05) is 26.0 Å². The zero-order valence-electron chi connectivity index (χ0n) is 17.5. The monoisotopic (exact) mass is 417 g/mol. The van der Waals surface area contributed by atoms with Crippen LogP contribution in [0.4, 0.5) is 8.78 Å². The van der Waals surface area contributed by atoms with Gasteiger partial charge in [0.1, 0.15) is 6.10 Å². The Morgan fingerprint density at radius 2 is 1.90 bits per heavy atom. The summed E-state index contributed by atoms with van der Waals surface area (Å²) < 4.78 is 32.4. The van der Waals surface area contributed by atoms with Gasteiger partial charge < -0.3 is 10.1 Å².